The van der Waals surface area contributed by atoms with E-state index >= 15 is 0 Å². The molecule has 2 rings (SSSR count). The highest BCUT2D eigenvalue weighted by atomic mass is 79.9. The number of rotatable bonds is 3. The zero-order valence-corrected chi connectivity index (χ0v) is 15.8. The molecule has 0 aliphatic carbocycles. The fourth-order valence-corrected chi connectivity index (χ4v) is 3.76. The smallest absolute Gasteiger partial charge is 0.276 e. The quantitative estimate of drug-likeness (QED) is 0.635. The first-order valence-corrected chi connectivity index (χ1v) is 9.12. The molecular formula is C13H20BrClN4O3S. The van der Waals surface area contributed by atoms with E-state index < -0.39 is 10.2 Å². The van der Waals surface area contributed by atoms with E-state index in [1.807, 2.05) is 13.0 Å². The standard InChI is InChI=1S/C13H19BrN4O3S.ClH/c1-8-6-10(14)7-11(12(8)15)17-13(19)9-2-4-18(5-3-9)22(16,20)21;/h6-7,9H,2-5,15H2,1H3,(H,17,19)(H2,16,20,21);1H. The molecule has 1 saturated heterocycles. The molecule has 0 unspecified atom stereocenters. The van der Waals surface area contributed by atoms with Crippen LogP contribution in [0.5, 0.6) is 0 Å². The van der Waals surface area contributed by atoms with Crippen LogP contribution in [0.1, 0.15) is 18.4 Å². The molecule has 1 amide bonds. The lowest BCUT2D eigenvalue weighted by atomic mass is 9.97. The zero-order chi connectivity index (χ0) is 16.5. The molecule has 0 bridgehead atoms. The van der Waals surface area contributed by atoms with Gasteiger partial charge in [0.25, 0.3) is 10.2 Å². The fourth-order valence-electron chi connectivity index (χ4n) is 2.46. The molecule has 1 aromatic carbocycles. The average Bonchev–Trinajstić information content (AvgIpc) is 2.43. The van der Waals surface area contributed by atoms with Gasteiger partial charge >= 0.3 is 0 Å². The Morgan fingerprint density at radius 2 is 1.91 bits per heavy atom. The van der Waals surface area contributed by atoms with E-state index in [2.05, 4.69) is 21.2 Å². The predicted octanol–water partition coefficient (Wildman–Crippen LogP) is 1.62. The second-order valence-electron chi connectivity index (χ2n) is 5.39. The van der Waals surface area contributed by atoms with Crippen LogP contribution in [0.2, 0.25) is 0 Å². The summed E-state index contributed by atoms with van der Waals surface area (Å²) in [5, 5.41) is 7.91. The van der Waals surface area contributed by atoms with Crippen LogP contribution in [-0.2, 0) is 15.0 Å². The summed E-state index contributed by atoms with van der Waals surface area (Å²) in [6.07, 6.45) is 0.879. The summed E-state index contributed by atoms with van der Waals surface area (Å²) in [6, 6.07) is 3.62. The molecule has 5 N–H and O–H groups in total. The molecule has 0 atom stereocenters. The van der Waals surface area contributed by atoms with Crippen LogP contribution in [0.4, 0.5) is 11.4 Å². The summed E-state index contributed by atoms with van der Waals surface area (Å²) in [7, 11) is -3.68. The Balaban J connectivity index is 0.00000264. The van der Waals surface area contributed by atoms with Crippen molar-refractivity contribution in [1.82, 2.24) is 4.31 Å². The number of carbonyl (C=O) groups is 1. The molecule has 1 aromatic rings. The van der Waals surface area contributed by atoms with Crippen LogP contribution in [-0.4, -0.2) is 31.7 Å². The number of nitrogens with one attached hydrogen (secondary N) is 1. The SMILES string of the molecule is Cc1cc(Br)cc(NC(=O)C2CCN(S(N)(=O)=O)CC2)c1N.Cl. The van der Waals surface area contributed by atoms with Gasteiger partial charge in [-0.05, 0) is 37.5 Å². The number of halogens is 2. The van der Waals surface area contributed by atoms with Crippen molar-refractivity contribution in [2.45, 2.75) is 19.8 Å². The third-order valence-corrected chi connectivity index (χ3v) is 5.34. The Kier molecular flexibility index (Phi) is 6.84. The summed E-state index contributed by atoms with van der Waals surface area (Å²) < 4.78 is 24.5. The maximum Gasteiger partial charge on any atom is 0.276 e. The molecule has 23 heavy (non-hydrogen) atoms. The van der Waals surface area contributed by atoms with Crippen molar-refractivity contribution in [2.75, 3.05) is 24.1 Å². The fraction of sp³-hybridized carbons (Fsp3) is 0.462. The van der Waals surface area contributed by atoms with E-state index in [1.54, 1.807) is 6.07 Å². The Hall–Kier alpha value is -0.870. The highest BCUT2D eigenvalue weighted by molar-refractivity contribution is 9.10. The largest absolute Gasteiger partial charge is 0.397 e. The molecule has 1 heterocycles. The molecule has 0 saturated carbocycles. The number of aryl methyl sites for hydroxylation is 1. The van der Waals surface area contributed by atoms with Gasteiger partial charge in [0.05, 0.1) is 11.4 Å². The third kappa shape index (κ3) is 5.05. The van der Waals surface area contributed by atoms with Gasteiger partial charge in [0, 0.05) is 23.5 Å². The van der Waals surface area contributed by atoms with E-state index in [1.165, 1.54) is 4.31 Å². The summed E-state index contributed by atoms with van der Waals surface area (Å²) >= 11 is 3.37. The van der Waals surface area contributed by atoms with E-state index in [9.17, 15) is 13.2 Å². The molecule has 1 fully saturated rings. The molecular weight excluding hydrogens is 408 g/mol. The van der Waals surface area contributed by atoms with Gasteiger partial charge in [-0.15, -0.1) is 12.4 Å². The molecule has 0 radical (unpaired) electrons. The van der Waals surface area contributed by atoms with Crippen molar-refractivity contribution < 1.29 is 13.2 Å². The van der Waals surface area contributed by atoms with Gasteiger partial charge in [-0.3, -0.25) is 4.79 Å². The monoisotopic (exact) mass is 426 g/mol. The number of hydrogen-bond donors (Lipinski definition) is 3. The summed E-state index contributed by atoms with van der Waals surface area (Å²) in [5.74, 6) is -0.407. The van der Waals surface area contributed by atoms with Gasteiger partial charge in [-0.1, -0.05) is 15.9 Å². The van der Waals surface area contributed by atoms with Crippen molar-refractivity contribution in [3.8, 4) is 0 Å². The molecule has 10 heteroatoms. The van der Waals surface area contributed by atoms with Crippen LogP contribution < -0.4 is 16.2 Å². The molecule has 1 aliphatic heterocycles. The van der Waals surface area contributed by atoms with Gasteiger partial charge in [0.1, 0.15) is 0 Å². The Morgan fingerprint density at radius 3 is 2.43 bits per heavy atom. The van der Waals surface area contributed by atoms with Crippen molar-refractivity contribution >= 4 is 55.8 Å². The third-order valence-electron chi connectivity index (χ3n) is 3.79. The maximum absolute atomic E-state index is 12.3. The van der Waals surface area contributed by atoms with Crippen LogP contribution in [0, 0.1) is 12.8 Å². The lowest BCUT2D eigenvalue weighted by Crippen LogP contribution is -2.44. The minimum Gasteiger partial charge on any atom is -0.397 e. The van der Waals surface area contributed by atoms with E-state index in [0.717, 1.165) is 10.0 Å². The Morgan fingerprint density at radius 1 is 1.35 bits per heavy atom. The number of hydrogen-bond acceptors (Lipinski definition) is 4. The highest BCUT2D eigenvalue weighted by Gasteiger charge is 2.29. The zero-order valence-electron chi connectivity index (χ0n) is 12.6. The van der Waals surface area contributed by atoms with Crippen molar-refractivity contribution in [1.29, 1.82) is 0 Å². The first kappa shape index (κ1) is 20.2. The van der Waals surface area contributed by atoms with Crippen LogP contribution in [0.25, 0.3) is 0 Å². The second kappa shape index (κ2) is 7.80. The molecule has 0 spiro atoms. The van der Waals surface area contributed by atoms with Gasteiger partial charge < -0.3 is 11.1 Å². The normalized spacial score (nSPS) is 16.7. The maximum atomic E-state index is 12.3. The minimum absolute atomic E-state index is 0. The lowest BCUT2D eigenvalue weighted by molar-refractivity contribution is -0.120. The topological polar surface area (TPSA) is 119 Å². The van der Waals surface area contributed by atoms with Gasteiger partial charge in [-0.2, -0.15) is 12.7 Å². The molecule has 130 valence electrons. The van der Waals surface area contributed by atoms with Crippen LogP contribution in [0.3, 0.4) is 0 Å². The number of benzene rings is 1. The lowest BCUT2D eigenvalue weighted by Gasteiger charge is -2.29. The summed E-state index contributed by atoms with van der Waals surface area (Å²) in [4.78, 5) is 12.3. The number of nitrogens with two attached hydrogens (primary N) is 2. The van der Waals surface area contributed by atoms with Crippen molar-refractivity contribution in [3.63, 3.8) is 0 Å². The summed E-state index contributed by atoms with van der Waals surface area (Å²) in [5.41, 5.74) is 7.93. The number of carbonyl (C=O) groups excluding carboxylic acids is 1. The van der Waals surface area contributed by atoms with Crippen LogP contribution in [0.15, 0.2) is 16.6 Å². The number of amides is 1. The highest BCUT2D eigenvalue weighted by Crippen LogP contribution is 2.29. The van der Waals surface area contributed by atoms with Crippen LogP contribution >= 0.6 is 28.3 Å². The summed E-state index contributed by atoms with van der Waals surface area (Å²) in [6.45, 7) is 2.37. The number of nitrogen functional groups attached to an aromatic ring is 1. The van der Waals surface area contributed by atoms with Crippen molar-refractivity contribution in [2.24, 2.45) is 11.1 Å². The number of piperidine rings is 1. The van der Waals surface area contributed by atoms with E-state index in [0.29, 0.717) is 24.2 Å². The predicted molar refractivity (Wildman–Crippen MR) is 96.6 cm³/mol. The van der Waals surface area contributed by atoms with E-state index in [-0.39, 0.29) is 37.3 Å². The molecule has 1 aliphatic rings. The van der Waals surface area contributed by atoms with Gasteiger partial charge in [0.15, 0.2) is 0 Å². The van der Waals surface area contributed by atoms with Crippen molar-refractivity contribution in [3.05, 3.63) is 22.2 Å². The van der Waals surface area contributed by atoms with Gasteiger partial charge in [-0.25, -0.2) is 5.14 Å². The van der Waals surface area contributed by atoms with Gasteiger partial charge in [0.2, 0.25) is 5.91 Å². The molecule has 0 aromatic heterocycles. The first-order chi connectivity index (χ1) is 10.2. The molecule has 7 nitrogen and oxygen atoms in total. The Bertz CT molecular complexity index is 691. The minimum atomic E-state index is -3.68. The number of nitrogens with zero attached hydrogens (tertiary/aromatic N) is 1. The number of anilines is 2. The van der Waals surface area contributed by atoms with E-state index in [4.69, 9.17) is 10.9 Å². The average molecular weight is 428 g/mol. The first-order valence-electron chi connectivity index (χ1n) is 6.83. The Labute approximate surface area is 150 Å². The second-order valence-corrected chi connectivity index (χ2v) is 7.85.